The van der Waals surface area contributed by atoms with Crippen molar-refractivity contribution in [2.45, 2.75) is 59.0 Å². The molecule has 0 radical (unpaired) electrons. The van der Waals surface area contributed by atoms with Gasteiger partial charge in [-0.1, -0.05) is 62.7 Å². The number of amidine groups is 1. The quantitative estimate of drug-likeness (QED) is 0.366. The van der Waals surface area contributed by atoms with Crippen LogP contribution in [0.15, 0.2) is 53.6 Å². The zero-order chi connectivity index (χ0) is 19.5. The van der Waals surface area contributed by atoms with Gasteiger partial charge in [0.2, 0.25) is 0 Å². The highest BCUT2D eigenvalue weighted by molar-refractivity contribution is 5.81. The molecule has 2 aromatic carbocycles. The van der Waals surface area contributed by atoms with Crippen LogP contribution in [0.2, 0.25) is 0 Å². The van der Waals surface area contributed by atoms with Gasteiger partial charge in [0.15, 0.2) is 0 Å². The molecule has 0 amide bonds. The average molecular weight is 363 g/mol. The Morgan fingerprint density at radius 1 is 1.11 bits per heavy atom. The van der Waals surface area contributed by atoms with E-state index in [-0.39, 0.29) is 0 Å². The topological polar surface area (TPSA) is 60.2 Å². The van der Waals surface area contributed by atoms with Crippen molar-refractivity contribution < 1.29 is 0 Å². The van der Waals surface area contributed by atoms with Crippen molar-refractivity contribution in [3.63, 3.8) is 0 Å². The zero-order valence-electron chi connectivity index (χ0n) is 16.6. The third kappa shape index (κ3) is 6.45. The minimum atomic E-state index is 0.378. The Balaban J connectivity index is 2.03. The number of nitrogens with one attached hydrogen (secondary N) is 2. The van der Waals surface area contributed by atoms with Crippen molar-refractivity contribution in [1.82, 2.24) is 10.7 Å². The first-order valence-corrected chi connectivity index (χ1v) is 9.82. The van der Waals surface area contributed by atoms with E-state index in [1.807, 2.05) is 24.3 Å². The van der Waals surface area contributed by atoms with Crippen LogP contribution in [-0.4, -0.2) is 11.9 Å². The van der Waals surface area contributed by atoms with Crippen LogP contribution in [0.25, 0.3) is 11.1 Å². The zero-order valence-corrected chi connectivity index (χ0v) is 16.6. The second-order valence-electron chi connectivity index (χ2n) is 6.81. The predicted octanol–water partition coefficient (Wildman–Crippen LogP) is 5.21. The van der Waals surface area contributed by atoms with Gasteiger partial charge in [0.05, 0.1) is 11.6 Å². The molecule has 2 aromatic rings. The van der Waals surface area contributed by atoms with Gasteiger partial charge in [-0.2, -0.15) is 10.4 Å². The molecule has 27 heavy (non-hydrogen) atoms. The van der Waals surface area contributed by atoms with Gasteiger partial charge in [-0.05, 0) is 42.5 Å². The van der Waals surface area contributed by atoms with Crippen LogP contribution in [-0.2, 0) is 6.54 Å². The Kier molecular flexibility index (Phi) is 8.38. The molecule has 0 heterocycles. The maximum absolute atomic E-state index is 9.28. The molecule has 0 aliphatic heterocycles. The molecule has 142 valence electrons. The maximum atomic E-state index is 9.28. The van der Waals surface area contributed by atoms with E-state index >= 15 is 0 Å². The first-order chi connectivity index (χ1) is 13.2. The third-order valence-corrected chi connectivity index (χ3v) is 4.61. The summed E-state index contributed by atoms with van der Waals surface area (Å²) in [7, 11) is 0. The fraction of sp³-hybridized carbons (Fsp3) is 0.391. The van der Waals surface area contributed by atoms with E-state index in [0.29, 0.717) is 11.6 Å². The molecule has 0 spiro atoms. The van der Waals surface area contributed by atoms with Crippen LogP contribution in [0.3, 0.4) is 0 Å². The molecule has 0 saturated heterocycles. The lowest BCUT2D eigenvalue weighted by Crippen LogP contribution is -2.28. The monoisotopic (exact) mass is 362 g/mol. The van der Waals surface area contributed by atoms with Crippen molar-refractivity contribution >= 4 is 5.84 Å². The Bertz CT molecular complexity index is 772. The average Bonchev–Trinajstić information content (AvgIpc) is 2.73. The lowest BCUT2D eigenvalue weighted by molar-refractivity contribution is 0.552. The Hall–Kier alpha value is -2.80. The second-order valence-corrected chi connectivity index (χ2v) is 6.81. The lowest BCUT2D eigenvalue weighted by Gasteiger charge is -2.13. The van der Waals surface area contributed by atoms with Gasteiger partial charge in [0.25, 0.3) is 0 Å². The number of unbranched alkanes of at least 4 members (excludes halogenated alkanes) is 1. The molecule has 0 saturated carbocycles. The molecule has 0 aliphatic carbocycles. The Labute approximate surface area is 163 Å². The number of hydrogen-bond donors (Lipinski definition) is 2. The van der Waals surface area contributed by atoms with Crippen LogP contribution < -0.4 is 10.7 Å². The Morgan fingerprint density at radius 2 is 1.85 bits per heavy atom. The van der Waals surface area contributed by atoms with E-state index in [1.165, 1.54) is 5.56 Å². The number of hydrogen-bond acceptors (Lipinski definition) is 3. The number of rotatable bonds is 9. The molecule has 2 N–H and O–H groups in total. The first kappa shape index (κ1) is 20.5. The number of nitriles is 1. The van der Waals surface area contributed by atoms with Crippen molar-refractivity contribution in [2.24, 2.45) is 5.10 Å². The molecule has 0 aromatic heterocycles. The molecule has 4 heteroatoms. The highest BCUT2D eigenvalue weighted by Gasteiger charge is 2.05. The van der Waals surface area contributed by atoms with E-state index in [4.69, 9.17) is 0 Å². The lowest BCUT2D eigenvalue weighted by atomic mass is 9.99. The number of hydrazone groups is 1. The van der Waals surface area contributed by atoms with Crippen LogP contribution >= 0.6 is 0 Å². The summed E-state index contributed by atoms with van der Waals surface area (Å²) in [5.41, 5.74) is 7.15. The van der Waals surface area contributed by atoms with Gasteiger partial charge in [0, 0.05) is 19.0 Å². The van der Waals surface area contributed by atoms with Crippen LogP contribution in [0.5, 0.6) is 0 Å². The summed E-state index contributed by atoms with van der Waals surface area (Å²) >= 11 is 0. The van der Waals surface area contributed by atoms with Crippen LogP contribution in [0.1, 0.15) is 57.6 Å². The molecule has 1 unspecified atom stereocenters. The standard InChI is InChI=1S/C23H30N4/c1-4-6-11-23(27-26-18(3)5-2)25-17-19-12-14-20(15-13-19)22-10-8-7-9-21(22)16-24/h7-10,12-15,18,26H,4-6,11,17H2,1-3H3,(H,25,27). The minimum absolute atomic E-state index is 0.378. The predicted molar refractivity (Wildman–Crippen MR) is 113 cm³/mol. The van der Waals surface area contributed by atoms with Gasteiger partial charge < -0.3 is 10.7 Å². The van der Waals surface area contributed by atoms with Gasteiger partial charge in [-0.25, -0.2) is 0 Å². The van der Waals surface area contributed by atoms with E-state index in [2.05, 4.69) is 66.9 Å². The number of nitrogens with zero attached hydrogens (tertiary/aromatic N) is 2. The highest BCUT2D eigenvalue weighted by atomic mass is 15.3. The van der Waals surface area contributed by atoms with Crippen molar-refractivity contribution in [2.75, 3.05) is 0 Å². The molecular weight excluding hydrogens is 332 g/mol. The van der Waals surface area contributed by atoms with Gasteiger partial charge in [-0.15, -0.1) is 0 Å². The van der Waals surface area contributed by atoms with Gasteiger partial charge in [0.1, 0.15) is 5.84 Å². The van der Waals surface area contributed by atoms with Crippen LogP contribution in [0.4, 0.5) is 0 Å². The number of benzene rings is 2. The highest BCUT2D eigenvalue weighted by Crippen LogP contribution is 2.23. The molecule has 0 bridgehead atoms. The molecule has 1 atom stereocenters. The Morgan fingerprint density at radius 3 is 2.52 bits per heavy atom. The minimum Gasteiger partial charge on any atom is -0.368 e. The third-order valence-electron chi connectivity index (χ3n) is 4.61. The smallest absolute Gasteiger partial charge is 0.122 e. The SMILES string of the molecule is CCCC/C(=N/NC(C)CC)NCc1ccc(-c2ccccc2C#N)cc1. The summed E-state index contributed by atoms with van der Waals surface area (Å²) < 4.78 is 0. The van der Waals surface area contributed by atoms with Gasteiger partial charge in [-0.3, -0.25) is 0 Å². The molecule has 0 aliphatic rings. The summed E-state index contributed by atoms with van der Waals surface area (Å²) in [6.07, 6.45) is 4.28. The molecular formula is C23H30N4. The van der Waals surface area contributed by atoms with E-state index in [0.717, 1.165) is 49.2 Å². The summed E-state index contributed by atoms with van der Waals surface area (Å²) in [5.74, 6) is 1.01. The van der Waals surface area contributed by atoms with Gasteiger partial charge >= 0.3 is 0 Å². The second kappa shape index (κ2) is 11.0. The summed E-state index contributed by atoms with van der Waals surface area (Å²) in [4.78, 5) is 0. The van der Waals surface area contributed by atoms with E-state index < -0.39 is 0 Å². The summed E-state index contributed by atoms with van der Waals surface area (Å²) in [5, 5.41) is 17.3. The van der Waals surface area contributed by atoms with Crippen LogP contribution in [0, 0.1) is 11.3 Å². The van der Waals surface area contributed by atoms with Crippen molar-refractivity contribution in [1.29, 1.82) is 5.26 Å². The fourth-order valence-corrected chi connectivity index (χ4v) is 2.65. The molecule has 2 rings (SSSR count). The summed E-state index contributed by atoms with van der Waals surface area (Å²) in [6.45, 7) is 7.22. The fourth-order valence-electron chi connectivity index (χ4n) is 2.65. The molecule has 4 nitrogen and oxygen atoms in total. The maximum Gasteiger partial charge on any atom is 0.122 e. The first-order valence-electron chi connectivity index (χ1n) is 9.82. The molecule has 0 fully saturated rings. The van der Waals surface area contributed by atoms with Crippen molar-refractivity contribution in [3.8, 4) is 17.2 Å². The largest absolute Gasteiger partial charge is 0.368 e. The van der Waals surface area contributed by atoms with E-state index in [9.17, 15) is 5.26 Å². The normalized spacial score (nSPS) is 12.3. The van der Waals surface area contributed by atoms with Crippen molar-refractivity contribution in [3.05, 3.63) is 59.7 Å². The van der Waals surface area contributed by atoms with E-state index in [1.54, 1.807) is 0 Å². The summed E-state index contributed by atoms with van der Waals surface area (Å²) in [6, 6.07) is 18.7.